The number of thioether (sulfide) groups is 1. The van der Waals surface area contributed by atoms with Gasteiger partial charge in [0.15, 0.2) is 5.16 Å². The molecule has 0 radical (unpaired) electrons. The Morgan fingerprint density at radius 2 is 2.29 bits per heavy atom. The average Bonchev–Trinajstić information content (AvgIpc) is 3.21. The summed E-state index contributed by atoms with van der Waals surface area (Å²) in [6.45, 7) is 2.08. The van der Waals surface area contributed by atoms with Gasteiger partial charge < -0.3 is 14.8 Å². The summed E-state index contributed by atoms with van der Waals surface area (Å²) in [5.41, 5.74) is 1.13. The maximum absolute atomic E-state index is 12.3. The third kappa shape index (κ3) is 4.02. The van der Waals surface area contributed by atoms with Crippen molar-refractivity contribution in [3.63, 3.8) is 0 Å². The van der Waals surface area contributed by atoms with Crippen LogP contribution in [0.25, 0.3) is 0 Å². The summed E-state index contributed by atoms with van der Waals surface area (Å²) in [4.78, 5) is 14.1. The van der Waals surface area contributed by atoms with E-state index in [-0.39, 0.29) is 6.03 Å². The largest absolute Gasteiger partial charge is 0.337 e. The lowest BCUT2D eigenvalue weighted by atomic mass is 9.98. The van der Waals surface area contributed by atoms with E-state index in [1.54, 1.807) is 18.1 Å². The van der Waals surface area contributed by atoms with Crippen LogP contribution >= 0.6 is 23.4 Å². The Morgan fingerprint density at radius 1 is 1.46 bits per heavy atom. The molecule has 2 heterocycles. The molecule has 8 heteroatoms. The number of carbonyl (C=O) groups excluding carboxylic acids is 1. The van der Waals surface area contributed by atoms with Crippen molar-refractivity contribution in [2.75, 3.05) is 25.4 Å². The number of carbonyl (C=O) groups is 1. The third-order valence-corrected chi connectivity index (χ3v) is 5.48. The van der Waals surface area contributed by atoms with Gasteiger partial charge in [-0.2, -0.15) is 0 Å². The molecule has 3 rings (SSSR count). The van der Waals surface area contributed by atoms with Crippen molar-refractivity contribution in [3.8, 4) is 0 Å². The molecule has 0 bridgehead atoms. The lowest BCUT2D eigenvalue weighted by Gasteiger charge is -2.18. The molecule has 1 aromatic heterocycles. The van der Waals surface area contributed by atoms with Crippen molar-refractivity contribution in [1.29, 1.82) is 0 Å². The quantitative estimate of drug-likeness (QED) is 0.653. The summed E-state index contributed by atoms with van der Waals surface area (Å²) in [5.74, 6) is 1.08. The number of hydrogen-bond acceptors (Lipinski definition) is 4. The van der Waals surface area contributed by atoms with Gasteiger partial charge in [-0.05, 0) is 18.1 Å². The van der Waals surface area contributed by atoms with Crippen LogP contribution in [0, 0.1) is 0 Å². The van der Waals surface area contributed by atoms with E-state index in [4.69, 9.17) is 11.6 Å². The molecule has 0 saturated carbocycles. The normalized spacial score (nSPS) is 17.2. The number of rotatable bonds is 5. The van der Waals surface area contributed by atoms with Crippen LogP contribution < -0.4 is 5.32 Å². The number of likely N-dealkylation sites (tertiary alicyclic amines) is 1. The monoisotopic (exact) mass is 365 g/mol. The number of halogens is 1. The molecule has 1 aliphatic rings. The zero-order valence-corrected chi connectivity index (χ0v) is 15.1. The number of nitrogens with one attached hydrogen (secondary N) is 1. The molecule has 6 nitrogen and oxygen atoms in total. The lowest BCUT2D eigenvalue weighted by Crippen LogP contribution is -2.39. The maximum atomic E-state index is 12.3. The number of benzene rings is 1. The van der Waals surface area contributed by atoms with E-state index < -0.39 is 0 Å². The maximum Gasteiger partial charge on any atom is 0.317 e. The molecule has 1 N–H and O–H groups in total. The Kier molecular flexibility index (Phi) is 5.63. The van der Waals surface area contributed by atoms with Gasteiger partial charge in [-0.1, -0.05) is 41.6 Å². The molecule has 2 amide bonds. The van der Waals surface area contributed by atoms with Gasteiger partial charge in [-0.25, -0.2) is 4.79 Å². The number of aromatic nitrogens is 3. The van der Waals surface area contributed by atoms with E-state index in [9.17, 15) is 4.79 Å². The van der Waals surface area contributed by atoms with Crippen molar-refractivity contribution in [2.45, 2.75) is 17.5 Å². The van der Waals surface area contributed by atoms with Crippen LogP contribution in [-0.4, -0.2) is 51.1 Å². The second-order valence-corrected chi connectivity index (χ2v) is 7.23. The zero-order chi connectivity index (χ0) is 16.9. The van der Waals surface area contributed by atoms with Gasteiger partial charge in [0.1, 0.15) is 6.33 Å². The van der Waals surface area contributed by atoms with Crippen molar-refractivity contribution < 1.29 is 4.79 Å². The van der Waals surface area contributed by atoms with Crippen molar-refractivity contribution >= 4 is 29.4 Å². The fourth-order valence-corrected chi connectivity index (χ4v) is 3.85. The highest BCUT2D eigenvalue weighted by atomic mass is 35.5. The summed E-state index contributed by atoms with van der Waals surface area (Å²) >= 11 is 7.84. The highest BCUT2D eigenvalue weighted by Gasteiger charge is 2.28. The molecule has 24 heavy (non-hydrogen) atoms. The van der Waals surface area contributed by atoms with Crippen LogP contribution in [-0.2, 0) is 7.05 Å². The minimum Gasteiger partial charge on any atom is -0.337 e. The average molecular weight is 366 g/mol. The van der Waals surface area contributed by atoms with E-state index in [0.29, 0.717) is 19.0 Å². The fraction of sp³-hybridized carbons (Fsp3) is 0.438. The summed E-state index contributed by atoms with van der Waals surface area (Å²) in [6, 6.07) is 7.87. The molecule has 1 saturated heterocycles. The Balaban J connectivity index is 1.43. The first-order chi connectivity index (χ1) is 11.6. The van der Waals surface area contributed by atoms with Gasteiger partial charge in [0.25, 0.3) is 0 Å². The highest BCUT2D eigenvalue weighted by Crippen LogP contribution is 2.31. The molecular weight excluding hydrogens is 346 g/mol. The molecule has 1 fully saturated rings. The summed E-state index contributed by atoms with van der Waals surface area (Å²) in [5, 5.41) is 12.4. The summed E-state index contributed by atoms with van der Waals surface area (Å²) in [7, 11) is 1.90. The van der Waals surface area contributed by atoms with Gasteiger partial charge >= 0.3 is 6.03 Å². The first-order valence-corrected chi connectivity index (χ1v) is 9.25. The molecule has 1 aromatic carbocycles. The number of amides is 2. The predicted molar refractivity (Wildman–Crippen MR) is 95.5 cm³/mol. The summed E-state index contributed by atoms with van der Waals surface area (Å²) < 4.78 is 1.86. The molecule has 0 spiro atoms. The van der Waals surface area contributed by atoms with Gasteiger partial charge in [-0.3, -0.25) is 0 Å². The molecule has 1 aliphatic heterocycles. The molecule has 0 aliphatic carbocycles. The molecule has 1 unspecified atom stereocenters. The first kappa shape index (κ1) is 17.1. The van der Waals surface area contributed by atoms with E-state index in [0.717, 1.165) is 34.5 Å². The van der Waals surface area contributed by atoms with Crippen LogP contribution in [0.4, 0.5) is 4.79 Å². The minimum absolute atomic E-state index is 0.0110. The van der Waals surface area contributed by atoms with Crippen molar-refractivity contribution in [1.82, 2.24) is 25.0 Å². The Morgan fingerprint density at radius 3 is 3.04 bits per heavy atom. The van der Waals surface area contributed by atoms with Gasteiger partial charge in [0.05, 0.1) is 0 Å². The predicted octanol–water partition coefficient (Wildman–Crippen LogP) is 2.76. The van der Waals surface area contributed by atoms with Gasteiger partial charge in [-0.15, -0.1) is 10.2 Å². The number of hydrogen-bond donors (Lipinski definition) is 1. The first-order valence-electron chi connectivity index (χ1n) is 7.89. The van der Waals surface area contributed by atoms with Crippen LogP contribution in [0.15, 0.2) is 35.7 Å². The second kappa shape index (κ2) is 7.90. The van der Waals surface area contributed by atoms with E-state index in [1.807, 2.05) is 40.8 Å². The van der Waals surface area contributed by atoms with Crippen LogP contribution in [0.3, 0.4) is 0 Å². The summed E-state index contributed by atoms with van der Waals surface area (Å²) in [6.07, 6.45) is 2.62. The van der Waals surface area contributed by atoms with Crippen LogP contribution in [0.5, 0.6) is 0 Å². The Labute approximate surface area is 150 Å². The molecular formula is C16H20ClN5OS. The molecule has 2 aromatic rings. The molecule has 1 atom stereocenters. The number of aryl methyl sites for hydroxylation is 1. The SMILES string of the molecule is Cn1cnnc1SCCNC(=O)N1CCC(c2ccccc2Cl)C1. The number of nitrogens with zero attached hydrogens (tertiary/aromatic N) is 4. The fourth-order valence-electron chi connectivity index (χ4n) is 2.82. The van der Waals surface area contributed by atoms with E-state index in [1.165, 1.54) is 0 Å². The van der Waals surface area contributed by atoms with Gasteiger partial charge in [0.2, 0.25) is 0 Å². The number of urea groups is 1. The Bertz CT molecular complexity index is 707. The van der Waals surface area contributed by atoms with Crippen molar-refractivity contribution in [3.05, 3.63) is 41.2 Å². The second-order valence-electron chi connectivity index (χ2n) is 5.76. The standard InChI is InChI=1S/C16H20ClN5OS/c1-21-11-19-20-16(21)24-9-7-18-15(23)22-8-6-12(10-22)13-4-2-3-5-14(13)17/h2-5,11-12H,6-10H2,1H3,(H,18,23). The topological polar surface area (TPSA) is 63.1 Å². The van der Waals surface area contributed by atoms with Gasteiger partial charge in [0, 0.05) is 43.4 Å². The van der Waals surface area contributed by atoms with Crippen LogP contribution in [0.1, 0.15) is 17.9 Å². The zero-order valence-electron chi connectivity index (χ0n) is 13.5. The highest BCUT2D eigenvalue weighted by molar-refractivity contribution is 7.99. The smallest absolute Gasteiger partial charge is 0.317 e. The third-order valence-electron chi connectivity index (χ3n) is 4.10. The van der Waals surface area contributed by atoms with Crippen LogP contribution in [0.2, 0.25) is 5.02 Å². The Hall–Kier alpha value is -1.73. The minimum atomic E-state index is -0.0110. The van der Waals surface area contributed by atoms with Crippen molar-refractivity contribution in [2.24, 2.45) is 7.05 Å². The van der Waals surface area contributed by atoms with E-state index in [2.05, 4.69) is 15.5 Å². The van der Waals surface area contributed by atoms with E-state index >= 15 is 0 Å². The lowest BCUT2D eigenvalue weighted by molar-refractivity contribution is 0.209. The molecule has 128 valence electrons.